The third-order valence-electron chi connectivity index (χ3n) is 3.05. The maximum absolute atomic E-state index is 12.5. The molecule has 0 aliphatic rings. The third-order valence-corrected chi connectivity index (χ3v) is 8.43. The van der Waals surface area contributed by atoms with E-state index in [2.05, 4.69) is 53.1 Å². The van der Waals surface area contributed by atoms with Gasteiger partial charge in [0.2, 0.25) is 11.3 Å². The van der Waals surface area contributed by atoms with Crippen molar-refractivity contribution in [1.29, 1.82) is 0 Å². The first-order valence-electron chi connectivity index (χ1n) is 6.36. The maximum Gasteiger partial charge on any atom is 0.252 e. The van der Waals surface area contributed by atoms with Gasteiger partial charge in [-0.2, -0.15) is 0 Å². The Labute approximate surface area is 150 Å². The first-order valence-corrected chi connectivity index (χ1v) is 10.2. The lowest BCUT2D eigenvalue weighted by atomic mass is 10.1. The largest absolute Gasteiger partial charge is 0.349 e. The minimum atomic E-state index is -3.81. The summed E-state index contributed by atoms with van der Waals surface area (Å²) in [6, 6.07) is 6.16. The summed E-state index contributed by atoms with van der Waals surface area (Å²) in [7, 11) is -3.81. The van der Waals surface area contributed by atoms with Gasteiger partial charge in [-0.15, -0.1) is 0 Å². The molecule has 1 amide bonds. The van der Waals surface area contributed by atoms with Gasteiger partial charge in [-0.05, 0) is 72.8 Å². The van der Waals surface area contributed by atoms with Crippen LogP contribution in [0.2, 0.25) is 0 Å². The lowest BCUT2D eigenvalue weighted by Gasteiger charge is -2.19. The number of alkyl halides is 3. The number of carbonyl (C=O) groups is 1. The summed E-state index contributed by atoms with van der Waals surface area (Å²) in [5.41, 5.74) is 0.132. The molecule has 0 heterocycles. The highest BCUT2D eigenvalue weighted by molar-refractivity contribution is 9.42. The van der Waals surface area contributed by atoms with Gasteiger partial charge >= 0.3 is 0 Å². The molecule has 0 saturated carbocycles. The number of rotatable bonds is 5. The van der Waals surface area contributed by atoms with Gasteiger partial charge < -0.3 is 5.32 Å². The minimum absolute atomic E-state index is 0.0231. The average molecular weight is 506 g/mol. The number of halogens is 3. The lowest BCUT2D eigenvalue weighted by Crippen LogP contribution is -2.35. The van der Waals surface area contributed by atoms with Crippen molar-refractivity contribution >= 4 is 63.5 Å². The number of carbonyl (C=O) groups excluding carboxylic acids is 1. The first-order chi connectivity index (χ1) is 9.65. The fourth-order valence-electron chi connectivity index (χ4n) is 1.77. The fourth-order valence-corrected chi connectivity index (χ4v) is 4.30. The number of amides is 1. The van der Waals surface area contributed by atoms with E-state index in [0.29, 0.717) is 0 Å². The van der Waals surface area contributed by atoms with E-state index < -0.39 is 11.3 Å². The van der Waals surface area contributed by atoms with E-state index in [9.17, 15) is 13.2 Å². The second kappa shape index (κ2) is 7.57. The predicted molar refractivity (Wildman–Crippen MR) is 95.0 cm³/mol. The van der Waals surface area contributed by atoms with E-state index in [0.717, 1.165) is 12.8 Å². The molecule has 0 bridgehead atoms. The minimum Gasteiger partial charge on any atom is -0.349 e. The van der Waals surface area contributed by atoms with Gasteiger partial charge in [0.05, 0.1) is 10.5 Å². The van der Waals surface area contributed by atoms with Crippen molar-refractivity contribution in [2.75, 3.05) is 0 Å². The normalized spacial score (nSPS) is 12.5. The van der Waals surface area contributed by atoms with E-state index in [1.54, 1.807) is 12.1 Å². The van der Waals surface area contributed by atoms with E-state index >= 15 is 0 Å². The number of nitrogens with one attached hydrogen (secondary N) is 1. The molecule has 1 aromatic carbocycles. The average Bonchev–Trinajstić information content (AvgIpc) is 2.43. The molecule has 21 heavy (non-hydrogen) atoms. The van der Waals surface area contributed by atoms with Gasteiger partial charge in [0.1, 0.15) is 0 Å². The lowest BCUT2D eigenvalue weighted by molar-refractivity contribution is 0.0931. The Morgan fingerprint density at radius 1 is 1.19 bits per heavy atom. The van der Waals surface area contributed by atoms with Gasteiger partial charge in [0.15, 0.2) is 0 Å². The van der Waals surface area contributed by atoms with Crippen LogP contribution in [0.15, 0.2) is 29.2 Å². The van der Waals surface area contributed by atoms with Crippen LogP contribution < -0.4 is 5.32 Å². The van der Waals surface area contributed by atoms with Crippen molar-refractivity contribution in [1.82, 2.24) is 5.32 Å². The monoisotopic (exact) mass is 503 g/mol. The molecular formula is C13H16Br3NO3S. The molecule has 0 unspecified atom stereocenters. The van der Waals surface area contributed by atoms with Crippen molar-refractivity contribution < 1.29 is 13.2 Å². The van der Waals surface area contributed by atoms with Crippen LogP contribution in [0.25, 0.3) is 0 Å². The summed E-state index contributed by atoms with van der Waals surface area (Å²) in [5.74, 6) is -0.389. The smallest absolute Gasteiger partial charge is 0.252 e. The standard InChI is InChI=1S/C13H16Br3NO3S/c1-3-9(4-2)17-12(18)10-7-5-6-8-11(10)21(19,20)13(14,15)16/h5-9H,3-4H2,1-2H3,(H,17,18). The zero-order chi connectivity index (χ0) is 16.3. The summed E-state index contributed by atoms with van der Waals surface area (Å²) < 4.78 is 23.5. The van der Waals surface area contributed by atoms with Gasteiger partial charge in [0, 0.05) is 6.04 Å². The Bertz CT molecular complexity index is 607. The van der Waals surface area contributed by atoms with Gasteiger partial charge in [-0.25, -0.2) is 8.42 Å². The van der Waals surface area contributed by atoms with Crippen molar-refractivity contribution in [2.24, 2.45) is 0 Å². The Kier molecular flexibility index (Phi) is 6.89. The maximum atomic E-state index is 12.5. The molecular weight excluding hydrogens is 490 g/mol. The Morgan fingerprint density at radius 3 is 2.19 bits per heavy atom. The van der Waals surface area contributed by atoms with Crippen LogP contribution in [0.1, 0.15) is 37.0 Å². The molecule has 8 heteroatoms. The summed E-state index contributed by atoms with van der Waals surface area (Å²) in [6.45, 7) is 3.94. The fraction of sp³-hybridized carbons (Fsp3) is 0.462. The molecule has 0 aliphatic heterocycles. The first kappa shape index (κ1) is 19.1. The van der Waals surface area contributed by atoms with Crippen LogP contribution in [-0.2, 0) is 9.84 Å². The van der Waals surface area contributed by atoms with Crippen LogP contribution in [0.3, 0.4) is 0 Å². The molecule has 0 atom stereocenters. The molecule has 0 aromatic heterocycles. The van der Waals surface area contributed by atoms with Crippen molar-refractivity contribution in [2.45, 2.75) is 39.1 Å². The number of hydrogen-bond acceptors (Lipinski definition) is 3. The molecule has 4 nitrogen and oxygen atoms in total. The summed E-state index contributed by atoms with van der Waals surface area (Å²) in [6.07, 6.45) is 1.58. The number of sulfone groups is 1. The molecule has 118 valence electrons. The van der Waals surface area contributed by atoms with Gasteiger partial charge in [-0.1, -0.05) is 26.0 Å². The molecule has 0 aliphatic carbocycles. The van der Waals surface area contributed by atoms with Crippen molar-refractivity contribution in [3.63, 3.8) is 0 Å². The Balaban J connectivity index is 3.26. The SMILES string of the molecule is CCC(CC)NC(=O)c1ccccc1S(=O)(=O)C(Br)(Br)Br. The highest BCUT2D eigenvalue weighted by atomic mass is 80.0. The Morgan fingerprint density at radius 2 is 1.71 bits per heavy atom. The molecule has 1 rings (SSSR count). The molecule has 0 radical (unpaired) electrons. The van der Waals surface area contributed by atoms with E-state index in [-0.39, 0.29) is 22.4 Å². The zero-order valence-corrected chi connectivity index (χ0v) is 17.1. The Hall–Kier alpha value is 0.0800. The summed E-state index contributed by atoms with van der Waals surface area (Å²) in [4.78, 5) is 12.3. The predicted octanol–water partition coefficient (Wildman–Crippen LogP) is 4.17. The van der Waals surface area contributed by atoms with Crippen LogP contribution in [0, 0.1) is 0 Å². The van der Waals surface area contributed by atoms with Crippen LogP contribution in [0.4, 0.5) is 0 Å². The molecule has 0 saturated heterocycles. The topological polar surface area (TPSA) is 63.2 Å². The van der Waals surface area contributed by atoms with Crippen LogP contribution in [0.5, 0.6) is 0 Å². The van der Waals surface area contributed by atoms with E-state index in [1.165, 1.54) is 12.1 Å². The number of hydrogen-bond donors (Lipinski definition) is 1. The summed E-state index contributed by atoms with van der Waals surface area (Å²) in [5, 5.41) is 2.85. The van der Waals surface area contributed by atoms with Crippen LogP contribution >= 0.6 is 47.8 Å². The second-order valence-electron chi connectivity index (χ2n) is 4.43. The second-order valence-corrected chi connectivity index (χ2v) is 14.8. The third kappa shape index (κ3) is 4.53. The van der Waals surface area contributed by atoms with Crippen molar-refractivity contribution in [3.8, 4) is 0 Å². The van der Waals surface area contributed by atoms with Gasteiger partial charge in [-0.3, -0.25) is 4.79 Å². The van der Waals surface area contributed by atoms with E-state index in [4.69, 9.17) is 0 Å². The highest BCUT2D eigenvalue weighted by Gasteiger charge is 2.39. The molecule has 1 aromatic rings. The van der Waals surface area contributed by atoms with E-state index in [1.807, 2.05) is 13.8 Å². The summed E-state index contributed by atoms with van der Waals surface area (Å²) >= 11 is 9.04. The highest BCUT2D eigenvalue weighted by Crippen LogP contribution is 2.43. The van der Waals surface area contributed by atoms with Crippen LogP contribution in [-0.4, -0.2) is 21.8 Å². The number of benzene rings is 1. The molecule has 1 N–H and O–H groups in total. The molecule has 0 spiro atoms. The van der Waals surface area contributed by atoms with Crippen molar-refractivity contribution in [3.05, 3.63) is 29.8 Å². The molecule has 0 fully saturated rings. The zero-order valence-electron chi connectivity index (χ0n) is 11.6. The van der Waals surface area contributed by atoms with Gasteiger partial charge in [0.25, 0.3) is 5.91 Å². The quantitative estimate of drug-likeness (QED) is 0.611.